The number of rotatable bonds is 7. The van der Waals surface area contributed by atoms with E-state index in [0.717, 1.165) is 100 Å². The zero-order valence-electron chi connectivity index (χ0n) is 34.5. The summed E-state index contributed by atoms with van der Waals surface area (Å²) < 4.78 is 7.17. The van der Waals surface area contributed by atoms with Gasteiger partial charge in [-0.3, -0.25) is 14.5 Å². The molecule has 0 aliphatic carbocycles. The number of para-hydroxylation sites is 7. The molecule has 0 bridgehead atoms. The highest BCUT2D eigenvalue weighted by Gasteiger charge is 2.25. The molecule has 63 heavy (non-hydrogen) atoms. The lowest BCUT2D eigenvalue weighted by molar-refractivity contribution is 1.10. The average molecular weight is 809 g/mol. The van der Waals surface area contributed by atoms with Crippen molar-refractivity contribution in [3.05, 3.63) is 230 Å². The van der Waals surface area contributed by atoms with E-state index in [1.54, 1.807) is 0 Å². The largest absolute Gasteiger partial charge is 0.307 e. The first-order chi connectivity index (χ1) is 31.2. The van der Waals surface area contributed by atoms with Crippen LogP contribution < -0.4 is 4.90 Å². The first-order valence-electron chi connectivity index (χ1n) is 21.3. The van der Waals surface area contributed by atoms with Crippen LogP contribution >= 0.6 is 0 Å². The van der Waals surface area contributed by atoms with Gasteiger partial charge in [-0.05, 0) is 109 Å². The summed E-state index contributed by atoms with van der Waals surface area (Å²) in [4.78, 5) is 12.5. The van der Waals surface area contributed by atoms with Gasteiger partial charge in [-0.2, -0.15) is 0 Å². The van der Waals surface area contributed by atoms with E-state index in [2.05, 4.69) is 243 Å². The van der Waals surface area contributed by atoms with Crippen molar-refractivity contribution < 1.29 is 0 Å². The van der Waals surface area contributed by atoms with Crippen molar-refractivity contribution in [3.8, 4) is 28.5 Å². The molecule has 0 saturated carbocycles. The third-order valence-corrected chi connectivity index (χ3v) is 12.2. The number of imidazole rings is 1. The van der Waals surface area contributed by atoms with Gasteiger partial charge in [0.25, 0.3) is 0 Å². The number of nitrogens with zero attached hydrogens (tertiary/aromatic N) is 6. The van der Waals surface area contributed by atoms with Gasteiger partial charge < -0.3 is 9.13 Å². The van der Waals surface area contributed by atoms with E-state index in [1.807, 2.05) is 7.05 Å². The number of fused-ring (bicyclic) bond motifs is 8. The van der Waals surface area contributed by atoms with E-state index >= 15 is 0 Å². The minimum absolute atomic E-state index is 0.864. The van der Waals surface area contributed by atoms with E-state index in [1.165, 1.54) is 5.39 Å². The van der Waals surface area contributed by atoms with Crippen LogP contribution in [-0.4, -0.2) is 31.6 Å². The van der Waals surface area contributed by atoms with Crippen LogP contribution in [0.1, 0.15) is 5.56 Å². The minimum atomic E-state index is 0.864. The standard InChI is InChI=1S/C57H40N6/c1-58-56(60(41-19-7-2-8-20-41)42-21-9-3-10-22-42)39-31-35-51-48(37-39)46-33-34-47-49-38-40(57-59-50-29-17-18-30-53(50)63(57)45-27-15-6-16-28-45)32-36-52(49)62(44-25-13-5-14-26-44)55(47)54(46)61(51)43-23-11-4-12-24-43/h2-38H,1H3/b58-56+. The summed E-state index contributed by atoms with van der Waals surface area (Å²) in [6, 6.07) is 79.7. The van der Waals surface area contributed by atoms with Crippen molar-refractivity contribution in [2.24, 2.45) is 4.99 Å². The smallest absolute Gasteiger partial charge is 0.145 e. The van der Waals surface area contributed by atoms with Crippen LogP contribution in [0.5, 0.6) is 0 Å². The maximum atomic E-state index is 5.26. The van der Waals surface area contributed by atoms with Gasteiger partial charge in [-0.15, -0.1) is 0 Å². The maximum absolute atomic E-state index is 5.26. The third-order valence-electron chi connectivity index (χ3n) is 12.2. The summed E-state index contributed by atoms with van der Waals surface area (Å²) in [5.41, 5.74) is 14.0. The van der Waals surface area contributed by atoms with Crippen LogP contribution in [-0.2, 0) is 0 Å². The van der Waals surface area contributed by atoms with Crippen LogP contribution in [0.2, 0.25) is 0 Å². The van der Waals surface area contributed by atoms with Crippen molar-refractivity contribution in [3.63, 3.8) is 0 Å². The molecule has 0 spiro atoms. The van der Waals surface area contributed by atoms with E-state index in [-0.39, 0.29) is 0 Å². The second kappa shape index (κ2) is 14.9. The number of amidine groups is 1. The molecule has 6 heteroatoms. The predicted octanol–water partition coefficient (Wildman–Crippen LogP) is 14.1. The Morgan fingerprint density at radius 2 is 0.873 bits per heavy atom. The molecule has 0 unspecified atom stereocenters. The fraction of sp³-hybridized carbons (Fsp3) is 0.0175. The quantitative estimate of drug-likeness (QED) is 0.119. The Morgan fingerprint density at radius 3 is 1.41 bits per heavy atom. The summed E-state index contributed by atoms with van der Waals surface area (Å²) in [5.74, 6) is 1.77. The van der Waals surface area contributed by atoms with Crippen LogP contribution in [0, 0.1) is 0 Å². The van der Waals surface area contributed by atoms with E-state index in [0.29, 0.717) is 0 Å². The summed E-state index contributed by atoms with van der Waals surface area (Å²) in [6.45, 7) is 0. The van der Waals surface area contributed by atoms with E-state index < -0.39 is 0 Å². The predicted molar refractivity (Wildman–Crippen MR) is 263 cm³/mol. The molecular weight excluding hydrogens is 769 g/mol. The van der Waals surface area contributed by atoms with Crippen molar-refractivity contribution in [1.29, 1.82) is 0 Å². The first-order valence-corrected chi connectivity index (χ1v) is 21.3. The Morgan fingerprint density at radius 1 is 0.413 bits per heavy atom. The Bertz CT molecular complexity index is 3620. The fourth-order valence-electron chi connectivity index (χ4n) is 9.53. The molecule has 0 atom stereocenters. The number of aromatic nitrogens is 4. The maximum Gasteiger partial charge on any atom is 0.145 e. The number of benzene rings is 9. The third kappa shape index (κ3) is 5.87. The van der Waals surface area contributed by atoms with Crippen molar-refractivity contribution in [1.82, 2.24) is 18.7 Å². The molecule has 0 aliphatic rings. The van der Waals surface area contributed by atoms with E-state index in [9.17, 15) is 0 Å². The Hall–Kier alpha value is -8.48. The summed E-state index contributed by atoms with van der Waals surface area (Å²) in [5, 5.41) is 4.64. The summed E-state index contributed by atoms with van der Waals surface area (Å²) in [6.07, 6.45) is 0. The molecule has 12 aromatic rings. The molecule has 0 N–H and O–H groups in total. The molecule has 3 aromatic heterocycles. The monoisotopic (exact) mass is 808 g/mol. The highest BCUT2D eigenvalue weighted by molar-refractivity contribution is 6.25. The summed E-state index contributed by atoms with van der Waals surface area (Å²) in [7, 11) is 1.89. The van der Waals surface area contributed by atoms with Crippen molar-refractivity contribution >= 4 is 71.9 Å². The Labute approximate surface area is 364 Å². The molecule has 0 saturated heterocycles. The van der Waals surface area contributed by atoms with Gasteiger partial charge in [0.1, 0.15) is 11.7 Å². The van der Waals surface area contributed by atoms with Gasteiger partial charge in [0, 0.05) is 68.2 Å². The topological polar surface area (TPSA) is 43.3 Å². The molecule has 298 valence electrons. The lowest BCUT2D eigenvalue weighted by atomic mass is 10.0. The van der Waals surface area contributed by atoms with Crippen LogP contribution in [0.15, 0.2) is 229 Å². The zero-order valence-corrected chi connectivity index (χ0v) is 34.5. The lowest BCUT2D eigenvalue weighted by Gasteiger charge is -2.26. The molecule has 0 fully saturated rings. The molecule has 0 aliphatic heterocycles. The van der Waals surface area contributed by atoms with Crippen LogP contribution in [0.4, 0.5) is 11.4 Å². The molecule has 0 amide bonds. The molecule has 6 nitrogen and oxygen atoms in total. The molecule has 12 rings (SSSR count). The summed E-state index contributed by atoms with van der Waals surface area (Å²) >= 11 is 0. The first kappa shape index (κ1) is 36.4. The molecular formula is C57H40N6. The van der Waals surface area contributed by atoms with Gasteiger partial charge in [0.2, 0.25) is 0 Å². The minimum Gasteiger partial charge on any atom is -0.307 e. The second-order valence-corrected chi connectivity index (χ2v) is 15.8. The highest BCUT2D eigenvalue weighted by atomic mass is 15.2. The normalized spacial score (nSPS) is 12.0. The number of hydrogen-bond acceptors (Lipinski definition) is 2. The SMILES string of the molecule is C/N=C(\c1ccc2c(c1)c1ccc3c4cc(-c5nc6ccccc6n5-c5ccccc5)ccc4n(-c4ccccc4)c3c1n2-c1ccccc1)N(c1ccccc1)c1ccccc1. The number of aliphatic imine (C=N–C) groups is 1. The number of hydrogen-bond donors (Lipinski definition) is 0. The van der Waals surface area contributed by atoms with Crippen molar-refractivity contribution in [2.45, 2.75) is 0 Å². The average Bonchev–Trinajstić information content (AvgIpc) is 4.02. The zero-order chi connectivity index (χ0) is 41.9. The second-order valence-electron chi connectivity index (χ2n) is 15.8. The number of anilines is 2. The molecule has 3 heterocycles. The molecule has 0 radical (unpaired) electrons. The van der Waals surface area contributed by atoms with Gasteiger partial charge in [0.05, 0.1) is 33.1 Å². The van der Waals surface area contributed by atoms with E-state index in [4.69, 9.17) is 9.98 Å². The Kier molecular flexibility index (Phi) is 8.61. The lowest BCUT2D eigenvalue weighted by Crippen LogP contribution is -2.27. The van der Waals surface area contributed by atoms with Crippen molar-refractivity contribution in [2.75, 3.05) is 11.9 Å². The van der Waals surface area contributed by atoms with Crippen LogP contribution in [0.25, 0.3) is 83.1 Å². The van der Waals surface area contributed by atoms with Crippen LogP contribution in [0.3, 0.4) is 0 Å². The van der Waals surface area contributed by atoms with Gasteiger partial charge >= 0.3 is 0 Å². The van der Waals surface area contributed by atoms with Gasteiger partial charge in [-0.1, -0.05) is 115 Å². The fourth-order valence-corrected chi connectivity index (χ4v) is 9.53. The van der Waals surface area contributed by atoms with Gasteiger partial charge in [0.15, 0.2) is 0 Å². The molecule has 9 aromatic carbocycles. The van der Waals surface area contributed by atoms with Gasteiger partial charge in [-0.25, -0.2) is 4.98 Å². The highest BCUT2D eigenvalue weighted by Crippen LogP contribution is 2.43. The Balaban J connectivity index is 1.15.